The second-order valence-electron chi connectivity index (χ2n) is 6.54. The van der Waals surface area contributed by atoms with Crippen molar-refractivity contribution >= 4 is 52.2 Å². The number of carbonyl (C=O) groups is 3. The molecule has 1 heterocycles. The minimum absolute atomic E-state index is 0.175. The molecule has 7 nitrogen and oxygen atoms in total. The van der Waals surface area contributed by atoms with Crippen molar-refractivity contribution in [3.8, 4) is 0 Å². The maximum atomic E-state index is 11.9. The number of aldehydes is 1. The summed E-state index contributed by atoms with van der Waals surface area (Å²) in [5.41, 5.74) is 3.25. The van der Waals surface area contributed by atoms with Crippen LogP contribution in [0.2, 0.25) is 0 Å². The zero-order valence-electron chi connectivity index (χ0n) is 18.0. The Balaban J connectivity index is 0.000000221. The zero-order chi connectivity index (χ0) is 22.6. The van der Waals surface area contributed by atoms with Gasteiger partial charge in [0.25, 0.3) is 0 Å². The highest BCUT2D eigenvalue weighted by Crippen LogP contribution is 2.38. The quantitative estimate of drug-likeness (QED) is 0.333. The molecule has 31 heavy (non-hydrogen) atoms. The van der Waals surface area contributed by atoms with Crippen LogP contribution < -0.4 is 10.0 Å². The van der Waals surface area contributed by atoms with Crippen molar-refractivity contribution in [2.24, 2.45) is 0 Å². The minimum Gasteiger partial charge on any atom is -0.462 e. The highest BCUT2D eigenvalue weighted by Gasteiger charge is 2.25. The SMILES string of the molecule is CCOC(=O)c1c(NC)sc2c1CCCC2.CSNc1cccc(C(=O)OCC=O)c1. The highest BCUT2D eigenvalue weighted by atomic mass is 32.2. The molecule has 3 rings (SSSR count). The number of benzene rings is 1. The lowest BCUT2D eigenvalue weighted by molar-refractivity contribution is -0.110. The molecule has 1 aromatic carbocycles. The minimum atomic E-state index is -0.494. The van der Waals surface area contributed by atoms with Crippen LogP contribution in [0.3, 0.4) is 0 Å². The first kappa shape index (κ1) is 24.7. The van der Waals surface area contributed by atoms with E-state index >= 15 is 0 Å². The normalized spacial score (nSPS) is 12.0. The Bertz CT molecular complexity index is 898. The lowest BCUT2D eigenvalue weighted by atomic mass is 9.95. The first-order valence-electron chi connectivity index (χ1n) is 10.0. The van der Waals surface area contributed by atoms with Crippen molar-refractivity contribution < 1.29 is 23.9 Å². The van der Waals surface area contributed by atoms with Crippen LogP contribution in [0.25, 0.3) is 0 Å². The van der Waals surface area contributed by atoms with E-state index in [0.29, 0.717) is 18.5 Å². The third-order valence-corrected chi connectivity index (χ3v) is 6.23. The van der Waals surface area contributed by atoms with Crippen LogP contribution in [0.15, 0.2) is 24.3 Å². The average Bonchev–Trinajstić information content (AvgIpc) is 3.17. The number of anilines is 2. The number of rotatable bonds is 8. The van der Waals surface area contributed by atoms with Crippen molar-refractivity contribution in [1.82, 2.24) is 0 Å². The van der Waals surface area contributed by atoms with Gasteiger partial charge in [0, 0.05) is 23.9 Å². The lowest BCUT2D eigenvalue weighted by Gasteiger charge is -2.12. The number of ether oxygens (including phenoxy) is 2. The zero-order valence-corrected chi connectivity index (χ0v) is 19.6. The van der Waals surface area contributed by atoms with E-state index < -0.39 is 5.97 Å². The molecule has 1 aliphatic rings. The molecular weight excluding hydrogens is 436 g/mol. The molecule has 0 aliphatic heterocycles. The van der Waals surface area contributed by atoms with Crippen molar-refractivity contribution in [2.45, 2.75) is 32.6 Å². The maximum Gasteiger partial charge on any atom is 0.341 e. The van der Waals surface area contributed by atoms with Crippen LogP contribution in [0.4, 0.5) is 10.7 Å². The number of esters is 2. The fraction of sp³-hybridized carbons (Fsp3) is 0.409. The smallest absolute Gasteiger partial charge is 0.341 e. The number of thiophene rings is 1. The van der Waals surface area contributed by atoms with Crippen LogP contribution >= 0.6 is 23.3 Å². The van der Waals surface area contributed by atoms with Gasteiger partial charge >= 0.3 is 11.9 Å². The van der Waals surface area contributed by atoms with Crippen LogP contribution in [0, 0.1) is 0 Å². The summed E-state index contributed by atoms with van der Waals surface area (Å²) in [6.07, 6.45) is 6.97. The van der Waals surface area contributed by atoms with E-state index in [4.69, 9.17) is 4.74 Å². The molecule has 2 N–H and O–H groups in total. The summed E-state index contributed by atoms with van der Waals surface area (Å²) < 4.78 is 12.8. The molecule has 9 heteroatoms. The van der Waals surface area contributed by atoms with Gasteiger partial charge in [-0.2, -0.15) is 0 Å². The van der Waals surface area contributed by atoms with Gasteiger partial charge in [0.15, 0.2) is 6.29 Å². The number of nitrogens with one attached hydrogen (secondary N) is 2. The van der Waals surface area contributed by atoms with E-state index in [1.165, 1.54) is 35.2 Å². The average molecular weight is 465 g/mol. The Morgan fingerprint density at radius 3 is 2.65 bits per heavy atom. The second-order valence-corrected chi connectivity index (χ2v) is 8.26. The van der Waals surface area contributed by atoms with Crippen LogP contribution in [0.1, 0.15) is 50.9 Å². The van der Waals surface area contributed by atoms with E-state index in [0.717, 1.165) is 29.1 Å². The monoisotopic (exact) mass is 464 g/mol. The fourth-order valence-electron chi connectivity index (χ4n) is 3.18. The van der Waals surface area contributed by atoms with Gasteiger partial charge in [-0.15, -0.1) is 11.3 Å². The third kappa shape index (κ3) is 7.00. The van der Waals surface area contributed by atoms with E-state index in [2.05, 4.69) is 14.8 Å². The largest absolute Gasteiger partial charge is 0.462 e. The first-order valence-corrected chi connectivity index (χ1v) is 12.1. The van der Waals surface area contributed by atoms with Crippen LogP contribution in [-0.2, 0) is 27.1 Å². The molecule has 1 aliphatic carbocycles. The molecule has 0 atom stereocenters. The Kier molecular flexibility index (Phi) is 10.4. The fourth-order valence-corrected chi connectivity index (χ4v) is 4.78. The van der Waals surface area contributed by atoms with Gasteiger partial charge in [0.2, 0.25) is 0 Å². The molecule has 0 amide bonds. The molecule has 2 aromatic rings. The summed E-state index contributed by atoms with van der Waals surface area (Å²) in [4.78, 5) is 34.6. The van der Waals surface area contributed by atoms with E-state index in [9.17, 15) is 14.4 Å². The standard InChI is InChI=1S/C12H17NO2S.C10H11NO3S/c1-3-15-12(14)10-8-6-4-5-7-9(8)16-11(10)13-2;1-15-11-9-4-2-3-8(7-9)10(13)14-6-5-12/h13H,3-7H2,1-2H3;2-5,7,11H,6H2,1H3. The summed E-state index contributed by atoms with van der Waals surface area (Å²) in [7, 11) is 1.86. The van der Waals surface area contributed by atoms with Gasteiger partial charge in [-0.05, 0) is 56.4 Å². The summed E-state index contributed by atoms with van der Waals surface area (Å²) in [5, 5.41) is 4.07. The van der Waals surface area contributed by atoms with Crippen molar-refractivity contribution in [3.05, 3.63) is 45.8 Å². The molecule has 0 saturated heterocycles. The van der Waals surface area contributed by atoms with Gasteiger partial charge in [-0.25, -0.2) is 9.59 Å². The van der Waals surface area contributed by atoms with Gasteiger partial charge in [0.05, 0.1) is 17.7 Å². The summed E-state index contributed by atoms with van der Waals surface area (Å²) in [5.74, 6) is -0.668. The number of carbonyl (C=O) groups excluding carboxylic acids is 3. The van der Waals surface area contributed by atoms with Gasteiger partial charge in [-0.3, -0.25) is 4.79 Å². The molecule has 0 bridgehead atoms. The van der Waals surface area contributed by atoms with E-state index in [1.807, 2.05) is 26.3 Å². The Labute approximate surface area is 191 Å². The predicted octanol–water partition coefficient (Wildman–Crippen LogP) is 4.58. The van der Waals surface area contributed by atoms with E-state index in [-0.39, 0.29) is 12.6 Å². The van der Waals surface area contributed by atoms with Crippen molar-refractivity contribution in [1.29, 1.82) is 0 Å². The van der Waals surface area contributed by atoms with Gasteiger partial charge < -0.3 is 19.5 Å². The van der Waals surface area contributed by atoms with E-state index in [1.54, 1.807) is 29.5 Å². The molecular formula is C22H28N2O5S2. The molecule has 0 fully saturated rings. The molecule has 0 spiro atoms. The molecule has 0 unspecified atom stereocenters. The lowest BCUT2D eigenvalue weighted by Crippen LogP contribution is -2.10. The Morgan fingerprint density at radius 1 is 1.19 bits per heavy atom. The Morgan fingerprint density at radius 2 is 1.97 bits per heavy atom. The highest BCUT2D eigenvalue weighted by molar-refractivity contribution is 7.99. The summed E-state index contributed by atoms with van der Waals surface area (Å²) in [6.45, 7) is 2.07. The third-order valence-electron chi connectivity index (χ3n) is 4.48. The topological polar surface area (TPSA) is 93.7 Å². The summed E-state index contributed by atoms with van der Waals surface area (Å²) in [6, 6.07) is 6.89. The number of fused-ring (bicyclic) bond motifs is 1. The van der Waals surface area contributed by atoms with Crippen LogP contribution in [0.5, 0.6) is 0 Å². The second kappa shape index (κ2) is 13.0. The summed E-state index contributed by atoms with van der Waals surface area (Å²) >= 11 is 3.14. The number of hydrogen-bond donors (Lipinski definition) is 2. The van der Waals surface area contributed by atoms with Crippen LogP contribution in [-0.4, -0.2) is 44.7 Å². The van der Waals surface area contributed by atoms with Gasteiger partial charge in [0.1, 0.15) is 11.6 Å². The predicted molar refractivity (Wildman–Crippen MR) is 126 cm³/mol. The first-order chi connectivity index (χ1) is 15.0. The molecule has 0 radical (unpaired) electrons. The number of aryl methyl sites for hydroxylation is 1. The molecule has 1 aromatic heterocycles. The number of hydrogen-bond acceptors (Lipinski definition) is 9. The Hall–Kier alpha value is -2.52. The molecule has 168 valence electrons. The van der Waals surface area contributed by atoms with Crippen molar-refractivity contribution in [2.75, 3.05) is 36.6 Å². The molecule has 0 saturated carbocycles. The van der Waals surface area contributed by atoms with Gasteiger partial charge in [-0.1, -0.05) is 18.0 Å². The maximum absolute atomic E-state index is 11.9. The van der Waals surface area contributed by atoms with Crippen molar-refractivity contribution in [3.63, 3.8) is 0 Å².